The van der Waals surface area contributed by atoms with Gasteiger partial charge in [0.25, 0.3) is 0 Å². The van der Waals surface area contributed by atoms with Gasteiger partial charge in [0.15, 0.2) is 0 Å². The summed E-state index contributed by atoms with van der Waals surface area (Å²) < 4.78 is 0. The number of hydrogen-bond acceptors (Lipinski definition) is 11. The maximum atomic E-state index is 13.9. The van der Waals surface area contributed by atoms with Crippen molar-refractivity contribution in [3.8, 4) is 0 Å². The van der Waals surface area contributed by atoms with E-state index >= 15 is 0 Å². The van der Waals surface area contributed by atoms with Crippen molar-refractivity contribution in [1.29, 1.82) is 0 Å². The zero-order valence-corrected chi connectivity index (χ0v) is 35.2. The smallest absolute Gasteiger partial charge is 0.326 e. The second-order valence-corrected chi connectivity index (χ2v) is 15.8. The zero-order chi connectivity index (χ0) is 43.8. The Hall–Kier alpha value is -4.36. The normalized spacial score (nSPS) is 15.0. The van der Waals surface area contributed by atoms with Gasteiger partial charge >= 0.3 is 5.97 Å². The lowest BCUT2D eigenvalue weighted by molar-refractivity contribution is -0.142. The Labute approximate surface area is 337 Å². The van der Waals surface area contributed by atoms with Crippen LogP contribution in [0.1, 0.15) is 113 Å². The summed E-state index contributed by atoms with van der Waals surface area (Å²) in [7, 11) is 0. The molecule has 0 aliphatic heterocycles. The highest BCUT2D eigenvalue weighted by Crippen LogP contribution is 2.13. The molecule has 0 aliphatic rings. The van der Waals surface area contributed by atoms with E-state index in [1.807, 2.05) is 41.5 Å². The SMILES string of the molecule is CC(C)C[C@H](NC(=O)[C@H](C)NC(=O)[C@H](C)NC(=O)CN)C(=O)N[C@@H](CC(C)C)C(=O)N[C@@H](CC(C)C)C(=O)N[C@@H](CCCCN)C(=O)N[C@@H](CCCCN)C(=O)O. The average Bonchev–Trinajstić information content (AvgIpc) is 3.12. The van der Waals surface area contributed by atoms with Crippen molar-refractivity contribution in [3.05, 3.63) is 0 Å². The lowest BCUT2D eigenvalue weighted by Gasteiger charge is -2.29. The van der Waals surface area contributed by atoms with Crippen molar-refractivity contribution in [3.63, 3.8) is 0 Å². The minimum absolute atomic E-state index is 0.0688. The predicted molar refractivity (Wildman–Crippen MR) is 216 cm³/mol. The summed E-state index contributed by atoms with van der Waals surface area (Å²) in [5.74, 6) is -5.96. The van der Waals surface area contributed by atoms with Gasteiger partial charge in [0.1, 0.15) is 42.3 Å². The molecule has 7 atom stereocenters. The van der Waals surface area contributed by atoms with Crippen LogP contribution in [-0.2, 0) is 38.4 Å². The standard InChI is InChI=1S/C38H72N10O9/c1-21(2)17-28(46-33(51)25(8)43-32(50)24(7)42-31(49)20-41)36(54)48-30(19-23(5)6)37(55)47-29(18-22(3)4)35(53)44-26(13-9-11-15-39)34(52)45-27(38(56)57)14-10-12-16-40/h21-30H,9-20,39-41H2,1-8H3,(H,42,49)(H,43,50)(H,44,53)(H,45,52)(H,46,51)(H,47,55)(H,48,54)(H,56,57)/t24-,25-,26-,27-,28-,29-,30-/m0/s1. The van der Waals surface area contributed by atoms with Crippen LogP contribution >= 0.6 is 0 Å². The van der Waals surface area contributed by atoms with Crippen molar-refractivity contribution in [2.45, 2.75) is 155 Å². The van der Waals surface area contributed by atoms with Gasteiger partial charge in [-0.1, -0.05) is 41.5 Å². The molecule has 0 bridgehead atoms. The lowest BCUT2D eigenvalue weighted by atomic mass is 9.98. The first-order valence-corrected chi connectivity index (χ1v) is 20.1. The van der Waals surface area contributed by atoms with Crippen LogP contribution in [0.15, 0.2) is 0 Å². The Morgan fingerprint density at radius 1 is 0.421 bits per heavy atom. The Balaban J connectivity index is 6.16. The molecule has 19 nitrogen and oxygen atoms in total. The highest BCUT2D eigenvalue weighted by atomic mass is 16.4. The van der Waals surface area contributed by atoms with E-state index in [0.717, 1.165) is 0 Å². The molecule has 57 heavy (non-hydrogen) atoms. The highest BCUT2D eigenvalue weighted by Gasteiger charge is 2.34. The predicted octanol–water partition coefficient (Wildman–Crippen LogP) is -1.14. The highest BCUT2D eigenvalue weighted by molar-refractivity contribution is 5.97. The maximum Gasteiger partial charge on any atom is 0.326 e. The Morgan fingerprint density at radius 3 is 1.11 bits per heavy atom. The van der Waals surface area contributed by atoms with Gasteiger partial charge < -0.3 is 59.5 Å². The summed E-state index contributed by atoms with van der Waals surface area (Å²) in [6.07, 6.45) is 2.97. The summed E-state index contributed by atoms with van der Waals surface area (Å²) in [6.45, 7) is 14.4. The number of carbonyl (C=O) groups is 8. The van der Waals surface area contributed by atoms with E-state index in [9.17, 15) is 43.5 Å². The molecule has 0 unspecified atom stereocenters. The van der Waals surface area contributed by atoms with E-state index < -0.39 is 89.6 Å². The van der Waals surface area contributed by atoms with Crippen LogP contribution in [0.4, 0.5) is 0 Å². The van der Waals surface area contributed by atoms with Crippen LogP contribution in [0.5, 0.6) is 0 Å². The molecule has 0 fully saturated rings. The van der Waals surface area contributed by atoms with Crippen LogP contribution in [0.2, 0.25) is 0 Å². The number of rotatable bonds is 29. The zero-order valence-electron chi connectivity index (χ0n) is 35.2. The van der Waals surface area contributed by atoms with Crippen LogP contribution in [0.25, 0.3) is 0 Å². The van der Waals surface area contributed by atoms with Crippen molar-refractivity contribution < 1.29 is 43.5 Å². The molecule has 0 saturated carbocycles. The number of carboxylic acids is 1. The first-order valence-electron chi connectivity index (χ1n) is 20.1. The molecule has 14 N–H and O–H groups in total. The van der Waals surface area contributed by atoms with E-state index in [4.69, 9.17) is 17.2 Å². The molecular formula is C38H72N10O9. The first-order chi connectivity index (χ1) is 26.7. The van der Waals surface area contributed by atoms with Gasteiger partial charge in [-0.2, -0.15) is 0 Å². The second kappa shape index (κ2) is 28.1. The van der Waals surface area contributed by atoms with E-state index in [2.05, 4.69) is 37.2 Å². The number of amides is 7. The third kappa shape index (κ3) is 22.2. The van der Waals surface area contributed by atoms with Gasteiger partial charge in [0.05, 0.1) is 6.54 Å². The molecule has 0 rings (SSSR count). The Kier molecular flexibility index (Phi) is 26.0. The fourth-order valence-corrected chi connectivity index (χ4v) is 5.78. The van der Waals surface area contributed by atoms with Crippen LogP contribution in [-0.4, -0.2) is 114 Å². The number of nitrogens with two attached hydrogens (primary N) is 3. The fraction of sp³-hybridized carbons (Fsp3) is 0.789. The minimum Gasteiger partial charge on any atom is -0.480 e. The molecule has 19 heteroatoms. The van der Waals surface area contributed by atoms with Crippen LogP contribution in [0, 0.1) is 17.8 Å². The average molecular weight is 813 g/mol. The molecule has 328 valence electrons. The molecule has 0 aromatic rings. The molecular weight excluding hydrogens is 740 g/mol. The van der Waals surface area contributed by atoms with Gasteiger partial charge in [-0.25, -0.2) is 4.79 Å². The molecule has 0 aliphatic carbocycles. The summed E-state index contributed by atoms with van der Waals surface area (Å²) in [4.78, 5) is 104. The quantitative estimate of drug-likeness (QED) is 0.0400. The van der Waals surface area contributed by atoms with Crippen molar-refractivity contribution in [1.82, 2.24) is 37.2 Å². The fourth-order valence-electron chi connectivity index (χ4n) is 5.78. The van der Waals surface area contributed by atoms with Gasteiger partial charge in [0.2, 0.25) is 41.4 Å². The lowest BCUT2D eigenvalue weighted by Crippen LogP contribution is -2.60. The number of aliphatic carboxylic acids is 1. The molecule has 0 spiro atoms. The maximum absolute atomic E-state index is 13.9. The third-order valence-electron chi connectivity index (χ3n) is 8.87. The summed E-state index contributed by atoms with van der Waals surface area (Å²) in [6, 6.07) is -7.70. The number of carboxylic acid groups (broad SMARTS) is 1. The van der Waals surface area contributed by atoms with E-state index in [0.29, 0.717) is 38.8 Å². The largest absolute Gasteiger partial charge is 0.480 e. The van der Waals surface area contributed by atoms with Gasteiger partial charge in [-0.3, -0.25) is 33.6 Å². The van der Waals surface area contributed by atoms with Crippen molar-refractivity contribution in [2.75, 3.05) is 19.6 Å². The van der Waals surface area contributed by atoms with E-state index in [-0.39, 0.29) is 56.4 Å². The number of nitrogens with one attached hydrogen (secondary N) is 7. The van der Waals surface area contributed by atoms with Crippen LogP contribution in [0.3, 0.4) is 0 Å². The van der Waals surface area contributed by atoms with Crippen molar-refractivity contribution >= 4 is 47.3 Å². The molecule has 7 amide bonds. The monoisotopic (exact) mass is 813 g/mol. The van der Waals surface area contributed by atoms with Crippen LogP contribution < -0.4 is 54.4 Å². The number of unbranched alkanes of at least 4 members (excludes halogenated alkanes) is 2. The number of carbonyl (C=O) groups excluding carboxylic acids is 7. The summed E-state index contributed by atoms with van der Waals surface area (Å²) in [5, 5.41) is 28.0. The van der Waals surface area contributed by atoms with E-state index in [1.165, 1.54) is 13.8 Å². The Bertz CT molecular complexity index is 1310. The minimum atomic E-state index is -1.22. The second-order valence-electron chi connectivity index (χ2n) is 15.8. The van der Waals surface area contributed by atoms with Gasteiger partial charge in [0, 0.05) is 0 Å². The molecule has 0 saturated heterocycles. The Morgan fingerprint density at radius 2 is 0.737 bits per heavy atom. The van der Waals surface area contributed by atoms with Crippen molar-refractivity contribution in [2.24, 2.45) is 35.0 Å². The third-order valence-corrected chi connectivity index (χ3v) is 8.87. The summed E-state index contributed by atoms with van der Waals surface area (Å²) >= 11 is 0. The van der Waals surface area contributed by atoms with E-state index in [1.54, 1.807) is 0 Å². The first kappa shape index (κ1) is 52.6. The van der Waals surface area contributed by atoms with Gasteiger partial charge in [-0.05, 0) is 102 Å². The topological polar surface area (TPSA) is 319 Å². The molecule has 0 heterocycles. The molecule has 0 aromatic heterocycles. The summed E-state index contributed by atoms with van der Waals surface area (Å²) in [5.41, 5.74) is 16.5. The number of hydrogen-bond donors (Lipinski definition) is 11. The van der Waals surface area contributed by atoms with Gasteiger partial charge in [-0.15, -0.1) is 0 Å². The molecule has 0 radical (unpaired) electrons. The molecule has 0 aromatic carbocycles.